The predicted molar refractivity (Wildman–Crippen MR) is 105 cm³/mol. The van der Waals surface area contributed by atoms with Gasteiger partial charge < -0.3 is 10.1 Å². The number of benzene rings is 1. The lowest BCUT2D eigenvalue weighted by atomic mass is 9.94. The Balaban J connectivity index is 1.54. The minimum atomic E-state index is -0.764. The van der Waals surface area contributed by atoms with Gasteiger partial charge in [-0.15, -0.1) is 0 Å². The molecule has 0 fully saturated rings. The number of ether oxygens (including phenoxy) is 1. The third kappa shape index (κ3) is 4.00. The van der Waals surface area contributed by atoms with E-state index in [2.05, 4.69) is 22.1 Å². The van der Waals surface area contributed by atoms with Crippen molar-refractivity contribution in [3.05, 3.63) is 76.8 Å². The Morgan fingerprint density at radius 3 is 2.97 bits per heavy atom. The Kier molecular flexibility index (Phi) is 5.30. The molecule has 1 aliphatic carbocycles. The molecular formula is C23H19F3N2O. The van der Waals surface area contributed by atoms with Crippen molar-refractivity contribution >= 4 is 5.82 Å². The van der Waals surface area contributed by atoms with E-state index in [4.69, 9.17) is 4.74 Å². The fraction of sp³-hybridized carbons (Fsp3) is 0.261. The molecule has 1 aromatic heterocycles. The summed E-state index contributed by atoms with van der Waals surface area (Å²) in [6.07, 6.45) is 5.16. The molecule has 0 saturated heterocycles. The van der Waals surface area contributed by atoms with Crippen molar-refractivity contribution in [1.82, 2.24) is 4.98 Å². The maximum absolute atomic E-state index is 15.0. The second kappa shape index (κ2) is 8.04. The molecule has 1 aromatic carbocycles. The molecule has 1 N–H and O–H groups in total. The largest absolute Gasteiger partial charge is 0.486 e. The zero-order valence-corrected chi connectivity index (χ0v) is 15.8. The quantitative estimate of drug-likeness (QED) is 0.729. The highest BCUT2D eigenvalue weighted by Crippen LogP contribution is 2.34. The molecule has 1 aliphatic heterocycles. The minimum Gasteiger partial charge on any atom is -0.486 e. The minimum absolute atomic E-state index is 0.0507. The smallest absolute Gasteiger partial charge is 0.179 e. The van der Waals surface area contributed by atoms with Gasteiger partial charge >= 0.3 is 0 Å². The van der Waals surface area contributed by atoms with Gasteiger partial charge in [0.15, 0.2) is 17.4 Å². The molecule has 2 atom stereocenters. The zero-order chi connectivity index (χ0) is 20.4. The lowest BCUT2D eigenvalue weighted by molar-refractivity contribution is 0.328. The Bertz CT molecular complexity index is 1070. The van der Waals surface area contributed by atoms with E-state index in [1.54, 1.807) is 24.4 Å². The van der Waals surface area contributed by atoms with Crippen molar-refractivity contribution in [2.24, 2.45) is 5.92 Å². The number of halogens is 3. The van der Waals surface area contributed by atoms with Gasteiger partial charge in [-0.25, -0.2) is 13.8 Å². The highest BCUT2D eigenvalue weighted by Gasteiger charge is 2.26. The Labute approximate surface area is 167 Å². The molecule has 0 amide bonds. The summed E-state index contributed by atoms with van der Waals surface area (Å²) < 4.78 is 48.9. The average molecular weight is 396 g/mol. The predicted octanol–water partition coefficient (Wildman–Crippen LogP) is 4.92. The third-order valence-corrected chi connectivity index (χ3v) is 5.06. The fourth-order valence-electron chi connectivity index (χ4n) is 3.43. The molecule has 0 bridgehead atoms. The normalized spacial score (nSPS) is 19.9. The summed E-state index contributed by atoms with van der Waals surface area (Å²) in [5.41, 5.74) is 1.11. The lowest BCUT2D eigenvalue weighted by Gasteiger charge is -2.15. The maximum atomic E-state index is 15.0. The number of nitrogens with one attached hydrogen (secondary N) is 1. The van der Waals surface area contributed by atoms with E-state index >= 15 is 0 Å². The van der Waals surface area contributed by atoms with Crippen LogP contribution in [0.3, 0.4) is 0 Å². The number of anilines is 1. The first kappa shape index (κ1) is 19.1. The van der Waals surface area contributed by atoms with Crippen molar-refractivity contribution in [3.8, 4) is 17.6 Å². The average Bonchev–Trinajstić information content (AvgIpc) is 3.05. The van der Waals surface area contributed by atoms with Crippen molar-refractivity contribution in [2.45, 2.75) is 19.3 Å². The number of pyridine rings is 1. The first-order valence-electron chi connectivity index (χ1n) is 9.39. The standard InChI is InChI=1S/C23H19F3N2O/c1-14-4-6-15(19(24)7-5-14)13-29-21-9-8-20(25)18(22(21)26)11-16-12-28-23-17(16)3-2-10-27-23/h2-4,6,8-10,14,16H,11-13H2,1H3,(H,27,28). The van der Waals surface area contributed by atoms with Crippen molar-refractivity contribution < 1.29 is 17.9 Å². The van der Waals surface area contributed by atoms with E-state index in [-0.39, 0.29) is 41.7 Å². The SMILES string of the molecule is CC1C#CC(F)=C(COc2ccc(F)c(CC3CNc4ncccc43)c2F)C=C1. The summed E-state index contributed by atoms with van der Waals surface area (Å²) >= 11 is 0. The summed E-state index contributed by atoms with van der Waals surface area (Å²) in [4.78, 5) is 4.23. The molecule has 2 aliphatic rings. The van der Waals surface area contributed by atoms with Crippen LogP contribution in [0.4, 0.5) is 19.0 Å². The second-order valence-corrected chi connectivity index (χ2v) is 7.11. The van der Waals surface area contributed by atoms with Gasteiger partial charge in [0.1, 0.15) is 18.2 Å². The first-order chi connectivity index (χ1) is 14.0. The van der Waals surface area contributed by atoms with Gasteiger partial charge in [-0.1, -0.05) is 24.1 Å². The van der Waals surface area contributed by atoms with E-state index in [1.165, 1.54) is 12.1 Å². The molecule has 29 heavy (non-hydrogen) atoms. The van der Waals surface area contributed by atoms with Gasteiger partial charge in [-0.05, 0) is 43.0 Å². The van der Waals surface area contributed by atoms with Gasteiger partial charge in [-0.3, -0.25) is 0 Å². The number of allylic oxidation sites excluding steroid dienone is 2. The van der Waals surface area contributed by atoms with Crippen LogP contribution < -0.4 is 10.1 Å². The van der Waals surface area contributed by atoms with Gasteiger partial charge in [0.05, 0.1) is 0 Å². The Morgan fingerprint density at radius 1 is 1.24 bits per heavy atom. The molecule has 0 saturated carbocycles. The zero-order valence-electron chi connectivity index (χ0n) is 15.8. The Hall–Kier alpha value is -3.20. The lowest BCUT2D eigenvalue weighted by Crippen LogP contribution is -2.10. The molecule has 3 nitrogen and oxygen atoms in total. The molecule has 4 rings (SSSR count). The molecule has 148 valence electrons. The summed E-state index contributed by atoms with van der Waals surface area (Å²) in [7, 11) is 0. The van der Waals surface area contributed by atoms with E-state index in [0.717, 1.165) is 11.4 Å². The van der Waals surface area contributed by atoms with Crippen LogP contribution in [0.2, 0.25) is 0 Å². The summed E-state index contributed by atoms with van der Waals surface area (Å²) in [5, 5.41) is 3.15. The van der Waals surface area contributed by atoms with Crippen LogP contribution >= 0.6 is 0 Å². The van der Waals surface area contributed by atoms with Crippen LogP contribution in [-0.4, -0.2) is 18.1 Å². The summed E-state index contributed by atoms with van der Waals surface area (Å²) in [5.74, 6) is 3.62. The number of hydrogen-bond acceptors (Lipinski definition) is 3. The second-order valence-electron chi connectivity index (χ2n) is 7.11. The first-order valence-corrected chi connectivity index (χ1v) is 9.39. The number of rotatable bonds is 5. The van der Waals surface area contributed by atoms with Crippen LogP contribution in [0, 0.1) is 29.4 Å². The summed E-state index contributed by atoms with van der Waals surface area (Å²) in [6, 6.07) is 6.11. The molecule has 0 spiro atoms. The highest BCUT2D eigenvalue weighted by atomic mass is 19.1. The molecule has 2 unspecified atom stereocenters. The van der Waals surface area contributed by atoms with Crippen molar-refractivity contribution in [1.29, 1.82) is 0 Å². The van der Waals surface area contributed by atoms with Crippen LogP contribution in [0.15, 0.2) is 54.0 Å². The Morgan fingerprint density at radius 2 is 2.10 bits per heavy atom. The van der Waals surface area contributed by atoms with E-state index in [0.29, 0.717) is 6.54 Å². The fourth-order valence-corrected chi connectivity index (χ4v) is 3.43. The van der Waals surface area contributed by atoms with Gasteiger partial charge in [0, 0.05) is 35.7 Å². The molecular weight excluding hydrogens is 377 g/mol. The van der Waals surface area contributed by atoms with Crippen LogP contribution in [0.1, 0.15) is 24.0 Å². The third-order valence-electron chi connectivity index (χ3n) is 5.06. The number of nitrogens with zero attached hydrogens (tertiary/aromatic N) is 1. The number of aromatic nitrogens is 1. The number of fused-ring (bicyclic) bond motifs is 1. The molecule has 6 heteroatoms. The van der Waals surface area contributed by atoms with Crippen molar-refractivity contribution in [2.75, 3.05) is 18.5 Å². The summed E-state index contributed by atoms with van der Waals surface area (Å²) in [6.45, 7) is 2.21. The maximum Gasteiger partial charge on any atom is 0.179 e. The van der Waals surface area contributed by atoms with Gasteiger partial charge in [0.2, 0.25) is 0 Å². The van der Waals surface area contributed by atoms with Crippen LogP contribution in [0.5, 0.6) is 5.75 Å². The molecule has 0 radical (unpaired) electrons. The number of hydrogen-bond donors (Lipinski definition) is 1. The highest BCUT2D eigenvalue weighted by molar-refractivity contribution is 5.52. The topological polar surface area (TPSA) is 34.1 Å². The van der Waals surface area contributed by atoms with E-state index < -0.39 is 17.5 Å². The molecule has 2 heterocycles. The van der Waals surface area contributed by atoms with Crippen LogP contribution in [0.25, 0.3) is 0 Å². The van der Waals surface area contributed by atoms with E-state index in [1.807, 2.05) is 13.0 Å². The van der Waals surface area contributed by atoms with Gasteiger partial charge in [0.25, 0.3) is 0 Å². The van der Waals surface area contributed by atoms with Gasteiger partial charge in [-0.2, -0.15) is 4.39 Å². The van der Waals surface area contributed by atoms with Crippen LogP contribution in [-0.2, 0) is 6.42 Å². The van der Waals surface area contributed by atoms with E-state index in [9.17, 15) is 13.2 Å². The molecule has 2 aromatic rings. The van der Waals surface area contributed by atoms with Crippen molar-refractivity contribution in [3.63, 3.8) is 0 Å². The monoisotopic (exact) mass is 396 g/mol.